The molecule has 1 aliphatic rings. The quantitative estimate of drug-likeness (QED) is 0.219. The van der Waals surface area contributed by atoms with Crippen LogP contribution in [0.15, 0.2) is 0 Å². The van der Waals surface area contributed by atoms with E-state index in [2.05, 4.69) is 0 Å². The number of rotatable bonds is 4. The summed E-state index contributed by atoms with van der Waals surface area (Å²) in [7, 11) is 0. The van der Waals surface area contributed by atoms with Crippen molar-refractivity contribution in [3.63, 3.8) is 0 Å². The molecule has 0 aromatic heterocycles. The Morgan fingerprint density at radius 2 is 1.37 bits per heavy atom. The molecule has 1 aromatic carbocycles. The van der Waals surface area contributed by atoms with Gasteiger partial charge in [0.25, 0.3) is 3.79 Å². The minimum atomic E-state index is -2.62. The fourth-order valence-corrected chi connectivity index (χ4v) is 4.03. The van der Waals surface area contributed by atoms with Crippen molar-refractivity contribution < 1.29 is 43.5 Å². The number of aliphatic hydroxyl groups excluding tert-OH is 1. The van der Waals surface area contributed by atoms with Crippen molar-refractivity contribution in [2.75, 3.05) is 0 Å². The van der Waals surface area contributed by atoms with Gasteiger partial charge in [-0.2, -0.15) is 0 Å². The van der Waals surface area contributed by atoms with E-state index in [9.17, 15) is 24.6 Å². The molecular weight excluding hydrogens is 667 g/mol. The summed E-state index contributed by atoms with van der Waals surface area (Å²) in [6.45, 7) is 1.83. The molecule has 1 heterocycles. The first-order valence-electron chi connectivity index (χ1n) is 8.72. The van der Waals surface area contributed by atoms with E-state index in [0.717, 1.165) is 13.8 Å². The lowest BCUT2D eigenvalue weighted by Gasteiger charge is -2.40. The van der Waals surface area contributed by atoms with E-state index < -0.39 is 81.7 Å². The van der Waals surface area contributed by atoms with Crippen LogP contribution in [0.4, 0.5) is 0 Å². The molecule has 0 amide bonds. The van der Waals surface area contributed by atoms with E-state index in [1.807, 2.05) is 0 Å². The molecule has 3 atom stereocenters. The minimum Gasteiger partial charge on any atom is -0.478 e. The maximum absolute atomic E-state index is 12.4. The van der Waals surface area contributed by atoms with Gasteiger partial charge in [0.05, 0.1) is 5.56 Å². The van der Waals surface area contributed by atoms with Gasteiger partial charge in [-0.3, -0.25) is 9.59 Å². The second-order valence-electron chi connectivity index (χ2n) is 6.68. The van der Waals surface area contributed by atoms with E-state index in [1.165, 1.54) is 0 Å². The number of ether oxygens (including phenoxy) is 4. The number of carbonyl (C=O) groups excluding carboxylic acids is 2. The van der Waals surface area contributed by atoms with E-state index in [1.54, 1.807) is 0 Å². The van der Waals surface area contributed by atoms with Crippen LogP contribution in [-0.2, 0) is 14.3 Å². The summed E-state index contributed by atoms with van der Waals surface area (Å²) in [5, 5.41) is 20.8. The van der Waals surface area contributed by atoms with E-state index >= 15 is 0 Å². The van der Waals surface area contributed by atoms with E-state index in [0.29, 0.717) is 0 Å². The van der Waals surface area contributed by atoms with Crippen LogP contribution in [0.1, 0.15) is 47.5 Å². The Bertz CT molecular complexity index is 1040. The molecule has 35 heavy (non-hydrogen) atoms. The van der Waals surface area contributed by atoms with Crippen molar-refractivity contribution in [2.24, 2.45) is 0 Å². The second-order valence-corrected chi connectivity index (χ2v) is 13.8. The standard InChI is InChI=1S/C17H11Cl9O9/c1-3(27)32-8-6(11(29)15(18,19)20)5(13(30)31)7-9(10(8)33-4(2)28)34-14(17(24,25)26)35-12(7)16(21,22)23/h11-12,14,29H,1-2H3,(H,30,31). The van der Waals surface area contributed by atoms with Crippen LogP contribution in [-0.4, -0.2) is 45.8 Å². The van der Waals surface area contributed by atoms with Crippen molar-refractivity contribution in [1.29, 1.82) is 0 Å². The Kier molecular flexibility index (Phi) is 9.78. The molecule has 3 unspecified atom stereocenters. The zero-order valence-corrected chi connectivity index (χ0v) is 23.7. The second kappa shape index (κ2) is 11.0. The van der Waals surface area contributed by atoms with Gasteiger partial charge in [0.1, 0.15) is 12.2 Å². The molecule has 0 aliphatic carbocycles. The number of hydrogen-bond acceptors (Lipinski definition) is 8. The van der Waals surface area contributed by atoms with Crippen molar-refractivity contribution in [2.45, 2.75) is 43.7 Å². The number of esters is 2. The van der Waals surface area contributed by atoms with E-state index in [-0.39, 0.29) is 0 Å². The third-order valence-electron chi connectivity index (χ3n) is 4.04. The van der Waals surface area contributed by atoms with Gasteiger partial charge < -0.3 is 29.2 Å². The highest BCUT2D eigenvalue weighted by Gasteiger charge is 2.53. The fraction of sp³-hybridized carbons (Fsp3) is 0.471. The largest absolute Gasteiger partial charge is 0.478 e. The lowest BCUT2D eigenvalue weighted by atomic mass is 9.91. The summed E-state index contributed by atoms with van der Waals surface area (Å²) in [5.74, 6) is -6.31. The average molecular weight is 678 g/mol. The Hall–Kier alpha value is -0.0400. The van der Waals surface area contributed by atoms with Gasteiger partial charge in [0.15, 0.2) is 11.5 Å². The maximum Gasteiger partial charge on any atom is 0.336 e. The van der Waals surface area contributed by atoms with Crippen molar-refractivity contribution >= 4 is 122 Å². The van der Waals surface area contributed by atoms with Gasteiger partial charge in [-0.05, 0) is 0 Å². The number of aliphatic hydroxyl groups is 1. The third kappa shape index (κ3) is 7.09. The first-order chi connectivity index (χ1) is 15.7. The molecule has 1 aliphatic heterocycles. The fourth-order valence-electron chi connectivity index (χ4n) is 2.93. The molecule has 0 saturated carbocycles. The molecular formula is C17H11Cl9O9. The highest BCUT2D eigenvalue weighted by molar-refractivity contribution is 6.69. The Morgan fingerprint density at radius 1 is 0.886 bits per heavy atom. The lowest BCUT2D eigenvalue weighted by molar-refractivity contribution is -0.141. The zero-order valence-electron chi connectivity index (χ0n) is 16.9. The van der Waals surface area contributed by atoms with Gasteiger partial charge in [-0.1, -0.05) is 104 Å². The SMILES string of the molecule is CC(=O)Oc1c(OC(C)=O)c(C(O)C(Cl)(Cl)Cl)c(C(=O)O)c2c1OC(C(Cl)(Cl)Cl)OC2C(Cl)(Cl)Cl. The van der Waals surface area contributed by atoms with Gasteiger partial charge in [0, 0.05) is 25.0 Å². The average Bonchev–Trinajstić information content (AvgIpc) is 2.64. The molecule has 2 rings (SSSR count). The highest BCUT2D eigenvalue weighted by atomic mass is 35.6. The number of aromatic carboxylic acids is 1. The summed E-state index contributed by atoms with van der Waals surface area (Å²) in [6.07, 6.45) is -6.12. The summed E-state index contributed by atoms with van der Waals surface area (Å²) >= 11 is 53.1. The topological polar surface area (TPSA) is 129 Å². The molecule has 0 saturated heterocycles. The molecule has 1 aromatic rings. The molecule has 18 heteroatoms. The minimum absolute atomic E-state index is 0.640. The van der Waals surface area contributed by atoms with Crippen LogP contribution in [0.3, 0.4) is 0 Å². The Morgan fingerprint density at radius 3 is 1.74 bits per heavy atom. The van der Waals surface area contributed by atoms with Crippen LogP contribution < -0.4 is 14.2 Å². The molecule has 0 spiro atoms. The smallest absolute Gasteiger partial charge is 0.336 e. The van der Waals surface area contributed by atoms with Gasteiger partial charge in [-0.25, -0.2) is 4.79 Å². The molecule has 2 N–H and O–H groups in total. The van der Waals surface area contributed by atoms with Gasteiger partial charge in [-0.15, -0.1) is 0 Å². The summed E-state index contributed by atoms with van der Waals surface area (Å²) in [5.41, 5.74) is -2.45. The Labute approximate surface area is 242 Å². The van der Waals surface area contributed by atoms with Crippen LogP contribution in [0.2, 0.25) is 0 Å². The number of alkyl halides is 9. The molecule has 0 radical (unpaired) electrons. The first kappa shape index (κ1) is 31.2. The lowest BCUT2D eigenvalue weighted by Crippen LogP contribution is -2.43. The highest BCUT2D eigenvalue weighted by Crippen LogP contribution is 2.60. The molecule has 196 valence electrons. The Balaban J connectivity index is 3.21. The van der Waals surface area contributed by atoms with Gasteiger partial charge >= 0.3 is 17.9 Å². The van der Waals surface area contributed by atoms with E-state index in [4.69, 9.17) is 123 Å². The van der Waals surface area contributed by atoms with Crippen LogP contribution in [0.5, 0.6) is 17.2 Å². The molecule has 0 fully saturated rings. The van der Waals surface area contributed by atoms with Crippen LogP contribution >= 0.6 is 104 Å². The van der Waals surface area contributed by atoms with Crippen LogP contribution in [0.25, 0.3) is 0 Å². The number of fused-ring (bicyclic) bond motifs is 1. The van der Waals surface area contributed by atoms with Gasteiger partial charge in [0.2, 0.25) is 19.6 Å². The van der Waals surface area contributed by atoms with Crippen molar-refractivity contribution in [3.05, 3.63) is 16.7 Å². The number of carboxylic acid groups (broad SMARTS) is 1. The molecule has 0 bridgehead atoms. The maximum atomic E-state index is 12.4. The number of hydrogen-bond donors (Lipinski definition) is 2. The number of carbonyl (C=O) groups is 3. The van der Waals surface area contributed by atoms with Crippen molar-refractivity contribution in [1.82, 2.24) is 0 Å². The number of halogens is 9. The normalized spacial score (nSPS) is 19.3. The number of carboxylic acids is 1. The first-order valence-corrected chi connectivity index (χ1v) is 12.1. The third-order valence-corrected chi connectivity index (χ3v) is 5.79. The summed E-state index contributed by atoms with van der Waals surface area (Å²) in [4.78, 5) is 36.3. The number of benzene rings is 1. The monoisotopic (exact) mass is 674 g/mol. The summed E-state index contributed by atoms with van der Waals surface area (Å²) in [6, 6.07) is 0. The van der Waals surface area contributed by atoms with Crippen LogP contribution in [0, 0.1) is 0 Å². The summed E-state index contributed by atoms with van der Waals surface area (Å²) < 4.78 is 13.6. The van der Waals surface area contributed by atoms with Crippen molar-refractivity contribution in [3.8, 4) is 17.2 Å². The zero-order chi connectivity index (χ0) is 27.3. The molecule has 9 nitrogen and oxygen atoms in total. The predicted octanol–water partition coefficient (Wildman–Crippen LogP) is 6.16. The predicted molar refractivity (Wildman–Crippen MR) is 130 cm³/mol.